The summed E-state index contributed by atoms with van der Waals surface area (Å²) in [5.74, 6) is -0.0683. The molecule has 0 spiro atoms. The molecule has 3 heterocycles. The maximum absolute atomic E-state index is 12.5. The second-order valence-corrected chi connectivity index (χ2v) is 4.96. The molecule has 1 N–H and O–H groups in total. The first-order chi connectivity index (χ1) is 9.15. The first-order valence-corrected chi connectivity index (χ1v) is 6.38. The number of H-pyrrole nitrogens is 1. The topological polar surface area (TPSA) is 71.1 Å². The van der Waals surface area contributed by atoms with Gasteiger partial charge >= 0.3 is 0 Å². The Morgan fingerprint density at radius 3 is 2.89 bits per heavy atom. The van der Waals surface area contributed by atoms with E-state index < -0.39 is 0 Å². The van der Waals surface area contributed by atoms with Gasteiger partial charge in [0, 0.05) is 25.5 Å². The largest absolute Gasteiger partial charge is 0.372 e. The molecule has 1 fully saturated rings. The number of carbonyl (C=O) groups is 1. The van der Waals surface area contributed by atoms with Crippen LogP contribution in [-0.4, -0.2) is 51.3 Å². The van der Waals surface area contributed by atoms with E-state index in [9.17, 15) is 4.79 Å². The fourth-order valence-corrected chi connectivity index (χ4v) is 2.51. The van der Waals surface area contributed by atoms with Crippen LogP contribution in [0.4, 0.5) is 0 Å². The van der Waals surface area contributed by atoms with Gasteiger partial charge in [0.1, 0.15) is 0 Å². The average Bonchev–Trinajstić information content (AvgIpc) is 2.80. The van der Waals surface area contributed by atoms with E-state index in [-0.39, 0.29) is 18.1 Å². The molecule has 0 aliphatic carbocycles. The molecule has 1 amide bonds. The lowest BCUT2D eigenvalue weighted by atomic mass is 10.2. The molecule has 0 saturated carbocycles. The lowest BCUT2D eigenvalue weighted by molar-refractivity contribution is -0.0587. The van der Waals surface area contributed by atoms with E-state index in [1.807, 2.05) is 19.9 Å². The number of rotatable bonds is 1. The van der Waals surface area contributed by atoms with Gasteiger partial charge in [-0.2, -0.15) is 5.10 Å². The third kappa shape index (κ3) is 2.19. The van der Waals surface area contributed by atoms with Gasteiger partial charge in [0.05, 0.1) is 23.1 Å². The molecule has 6 nitrogen and oxygen atoms in total. The van der Waals surface area contributed by atoms with Gasteiger partial charge in [0.2, 0.25) is 0 Å². The normalized spacial score (nSPS) is 23.8. The number of carbonyl (C=O) groups excluding carboxylic acids is 1. The number of fused-ring (bicyclic) bond motifs is 1. The van der Waals surface area contributed by atoms with E-state index >= 15 is 0 Å². The predicted molar refractivity (Wildman–Crippen MR) is 69.8 cm³/mol. The van der Waals surface area contributed by atoms with Crippen LogP contribution in [0.25, 0.3) is 10.9 Å². The highest BCUT2D eigenvalue weighted by Crippen LogP contribution is 2.18. The number of aromatic nitrogens is 3. The van der Waals surface area contributed by atoms with Crippen molar-refractivity contribution in [2.75, 3.05) is 13.1 Å². The number of ether oxygens (including phenoxy) is 1. The highest BCUT2D eigenvalue weighted by molar-refractivity contribution is 6.04. The Labute approximate surface area is 110 Å². The fraction of sp³-hybridized carbons (Fsp3) is 0.462. The third-order valence-corrected chi connectivity index (χ3v) is 3.27. The zero-order valence-electron chi connectivity index (χ0n) is 11.0. The molecule has 2 unspecified atom stereocenters. The first-order valence-electron chi connectivity index (χ1n) is 6.38. The predicted octanol–water partition coefficient (Wildman–Crippen LogP) is 1.21. The van der Waals surface area contributed by atoms with Crippen LogP contribution in [0.3, 0.4) is 0 Å². The van der Waals surface area contributed by atoms with Crippen molar-refractivity contribution in [1.82, 2.24) is 20.1 Å². The number of aromatic amines is 1. The lowest BCUT2D eigenvalue weighted by Crippen LogP contribution is -2.48. The van der Waals surface area contributed by atoms with Crippen molar-refractivity contribution in [2.45, 2.75) is 26.1 Å². The van der Waals surface area contributed by atoms with Crippen LogP contribution >= 0.6 is 0 Å². The lowest BCUT2D eigenvalue weighted by Gasteiger charge is -2.34. The molecular weight excluding hydrogens is 244 g/mol. The van der Waals surface area contributed by atoms with Crippen molar-refractivity contribution in [3.05, 3.63) is 24.2 Å². The summed E-state index contributed by atoms with van der Waals surface area (Å²) in [4.78, 5) is 18.4. The summed E-state index contributed by atoms with van der Waals surface area (Å²) < 4.78 is 5.64. The number of morpholine rings is 1. The summed E-state index contributed by atoms with van der Waals surface area (Å²) in [7, 11) is 0. The molecule has 2 atom stereocenters. The zero-order valence-corrected chi connectivity index (χ0v) is 11.0. The highest BCUT2D eigenvalue weighted by atomic mass is 16.5. The molecule has 2 aromatic heterocycles. The summed E-state index contributed by atoms with van der Waals surface area (Å²) in [6.45, 7) is 5.13. The van der Waals surface area contributed by atoms with E-state index in [4.69, 9.17) is 4.74 Å². The molecule has 0 aromatic carbocycles. The van der Waals surface area contributed by atoms with Gasteiger partial charge in [0.25, 0.3) is 5.91 Å². The monoisotopic (exact) mass is 260 g/mol. The Morgan fingerprint density at radius 1 is 1.42 bits per heavy atom. The Bertz CT molecular complexity index is 599. The van der Waals surface area contributed by atoms with Crippen LogP contribution in [-0.2, 0) is 4.74 Å². The van der Waals surface area contributed by atoms with Crippen LogP contribution in [0.15, 0.2) is 18.5 Å². The summed E-state index contributed by atoms with van der Waals surface area (Å²) in [5.41, 5.74) is 1.26. The van der Waals surface area contributed by atoms with Gasteiger partial charge < -0.3 is 9.64 Å². The molecule has 2 aromatic rings. The van der Waals surface area contributed by atoms with Crippen LogP contribution < -0.4 is 0 Å². The van der Waals surface area contributed by atoms with Gasteiger partial charge in [-0.25, -0.2) is 0 Å². The Hall–Kier alpha value is -1.95. The minimum atomic E-state index is -0.0683. The maximum Gasteiger partial charge on any atom is 0.275 e. The molecule has 1 aliphatic heterocycles. The summed E-state index contributed by atoms with van der Waals surface area (Å²) in [6, 6.07) is 1.81. The van der Waals surface area contributed by atoms with Gasteiger partial charge in [-0.05, 0) is 19.9 Å². The summed E-state index contributed by atoms with van der Waals surface area (Å²) >= 11 is 0. The van der Waals surface area contributed by atoms with Crippen molar-refractivity contribution >= 4 is 16.8 Å². The average molecular weight is 260 g/mol. The second kappa shape index (κ2) is 4.62. The van der Waals surface area contributed by atoms with Gasteiger partial charge in [-0.1, -0.05) is 0 Å². The van der Waals surface area contributed by atoms with Crippen molar-refractivity contribution < 1.29 is 9.53 Å². The van der Waals surface area contributed by atoms with Crippen LogP contribution in [0.5, 0.6) is 0 Å². The van der Waals surface area contributed by atoms with Gasteiger partial charge in [-0.15, -0.1) is 0 Å². The molecule has 6 heteroatoms. The number of nitrogens with one attached hydrogen (secondary N) is 1. The number of amides is 1. The van der Waals surface area contributed by atoms with Crippen LogP contribution in [0.1, 0.15) is 24.3 Å². The SMILES string of the molecule is CC1CN(C(=O)c2n[nH]c3ccncc23)CC(C)O1. The molecule has 0 radical (unpaired) electrons. The quantitative estimate of drug-likeness (QED) is 0.836. The second-order valence-electron chi connectivity index (χ2n) is 4.96. The smallest absolute Gasteiger partial charge is 0.275 e. The van der Waals surface area contributed by atoms with E-state index in [2.05, 4.69) is 15.2 Å². The zero-order chi connectivity index (χ0) is 13.4. The van der Waals surface area contributed by atoms with E-state index in [1.54, 1.807) is 17.3 Å². The van der Waals surface area contributed by atoms with Crippen molar-refractivity contribution in [3.63, 3.8) is 0 Å². The van der Waals surface area contributed by atoms with Crippen molar-refractivity contribution in [2.24, 2.45) is 0 Å². The summed E-state index contributed by atoms with van der Waals surface area (Å²) in [6.07, 6.45) is 3.44. The Balaban J connectivity index is 1.91. The van der Waals surface area contributed by atoms with Crippen LogP contribution in [0, 0.1) is 0 Å². The van der Waals surface area contributed by atoms with Gasteiger partial charge in [0.15, 0.2) is 5.69 Å². The van der Waals surface area contributed by atoms with Crippen molar-refractivity contribution in [3.8, 4) is 0 Å². The fourth-order valence-electron chi connectivity index (χ4n) is 2.51. The standard InChI is InChI=1S/C13H16N4O2/c1-8-6-17(7-9(2)19-8)13(18)12-10-5-14-4-3-11(10)15-16-12/h3-5,8-9H,6-7H2,1-2H3,(H,15,16). The summed E-state index contributed by atoms with van der Waals surface area (Å²) in [5, 5.41) is 7.75. The van der Waals surface area contributed by atoms with Gasteiger partial charge in [-0.3, -0.25) is 14.9 Å². The molecule has 3 rings (SSSR count). The third-order valence-electron chi connectivity index (χ3n) is 3.27. The molecule has 1 aliphatic rings. The highest BCUT2D eigenvalue weighted by Gasteiger charge is 2.28. The van der Waals surface area contributed by atoms with E-state index in [0.717, 1.165) is 10.9 Å². The number of pyridine rings is 1. The van der Waals surface area contributed by atoms with E-state index in [0.29, 0.717) is 18.8 Å². The van der Waals surface area contributed by atoms with Crippen LogP contribution in [0.2, 0.25) is 0 Å². The minimum absolute atomic E-state index is 0.0519. The minimum Gasteiger partial charge on any atom is -0.372 e. The molecule has 19 heavy (non-hydrogen) atoms. The number of nitrogens with zero attached hydrogens (tertiary/aromatic N) is 3. The number of hydrogen-bond acceptors (Lipinski definition) is 4. The molecule has 100 valence electrons. The van der Waals surface area contributed by atoms with Crippen molar-refractivity contribution in [1.29, 1.82) is 0 Å². The molecule has 1 saturated heterocycles. The van der Waals surface area contributed by atoms with E-state index in [1.165, 1.54) is 0 Å². The Morgan fingerprint density at radius 2 is 2.16 bits per heavy atom. The Kier molecular flexibility index (Phi) is 2.94. The number of hydrogen-bond donors (Lipinski definition) is 1. The first kappa shape index (κ1) is 12.1. The maximum atomic E-state index is 12.5. The molecular formula is C13H16N4O2. The molecule has 0 bridgehead atoms.